The lowest BCUT2D eigenvalue weighted by atomic mass is 10.3. The summed E-state index contributed by atoms with van der Waals surface area (Å²) in [6.07, 6.45) is 1.34. The van der Waals surface area contributed by atoms with Crippen molar-refractivity contribution in [2.24, 2.45) is 0 Å². The fourth-order valence-electron chi connectivity index (χ4n) is 1.13. The van der Waals surface area contributed by atoms with E-state index in [1.165, 1.54) is 12.3 Å². The summed E-state index contributed by atoms with van der Waals surface area (Å²) in [6, 6.07) is 1.39. The lowest BCUT2D eigenvalue weighted by Crippen LogP contribution is -2.11. The number of rotatable bonds is 1. The van der Waals surface area contributed by atoms with Crippen LogP contribution in [-0.2, 0) is 6.67 Å². The van der Waals surface area contributed by atoms with Gasteiger partial charge in [0.25, 0.3) is 5.56 Å². The normalized spacial score (nSPS) is 10.7. The first-order chi connectivity index (χ1) is 6.70. The Morgan fingerprint density at radius 2 is 2.36 bits per heavy atom. The predicted molar refractivity (Wildman–Crippen MR) is 50.0 cm³/mol. The number of aromatic amines is 1. The summed E-state index contributed by atoms with van der Waals surface area (Å²) in [5.41, 5.74) is -0.0715. The lowest BCUT2D eigenvalue weighted by Gasteiger charge is -1.98. The first-order valence-corrected chi connectivity index (χ1v) is 4.19. The van der Waals surface area contributed by atoms with Crippen LogP contribution in [0.25, 0.3) is 10.9 Å². The van der Waals surface area contributed by atoms with Crippen LogP contribution in [0.4, 0.5) is 4.39 Å². The fraction of sp³-hybridized carbons (Fsp3) is 0.125. The molecule has 0 atom stereocenters. The van der Waals surface area contributed by atoms with E-state index in [-0.39, 0.29) is 11.0 Å². The van der Waals surface area contributed by atoms with Gasteiger partial charge < -0.3 is 4.98 Å². The summed E-state index contributed by atoms with van der Waals surface area (Å²) in [4.78, 5) is 21.3. The van der Waals surface area contributed by atoms with E-state index in [0.29, 0.717) is 10.9 Å². The van der Waals surface area contributed by atoms with Crippen molar-refractivity contribution in [2.45, 2.75) is 6.67 Å². The van der Waals surface area contributed by atoms with E-state index in [9.17, 15) is 9.18 Å². The number of pyridine rings is 1. The van der Waals surface area contributed by atoms with E-state index in [1.54, 1.807) is 0 Å². The zero-order chi connectivity index (χ0) is 10.1. The number of hydrogen-bond acceptors (Lipinski definition) is 3. The minimum absolute atomic E-state index is 0.00776. The van der Waals surface area contributed by atoms with Crippen LogP contribution in [0.2, 0.25) is 5.15 Å². The van der Waals surface area contributed by atoms with Crippen LogP contribution < -0.4 is 5.56 Å². The highest BCUT2D eigenvalue weighted by Crippen LogP contribution is 2.10. The molecule has 0 aliphatic rings. The summed E-state index contributed by atoms with van der Waals surface area (Å²) in [5, 5.41) is 0.514. The molecule has 2 rings (SSSR count). The van der Waals surface area contributed by atoms with E-state index >= 15 is 0 Å². The molecule has 0 aliphatic carbocycles. The summed E-state index contributed by atoms with van der Waals surface area (Å²) in [6.45, 7) is -0.812. The Hall–Kier alpha value is -1.49. The van der Waals surface area contributed by atoms with Crippen LogP contribution in [0.1, 0.15) is 5.82 Å². The SMILES string of the molecule is O=c1[nH]c(CF)nc2cnc(Cl)cc12. The van der Waals surface area contributed by atoms with Gasteiger partial charge in [-0.2, -0.15) is 0 Å². The van der Waals surface area contributed by atoms with Gasteiger partial charge in [0, 0.05) is 0 Å². The van der Waals surface area contributed by atoms with Crippen LogP contribution in [0.15, 0.2) is 17.1 Å². The highest BCUT2D eigenvalue weighted by molar-refractivity contribution is 6.30. The lowest BCUT2D eigenvalue weighted by molar-refractivity contribution is 0.465. The molecule has 6 heteroatoms. The van der Waals surface area contributed by atoms with Gasteiger partial charge in [0.1, 0.15) is 17.7 Å². The first-order valence-electron chi connectivity index (χ1n) is 3.81. The van der Waals surface area contributed by atoms with Crippen molar-refractivity contribution < 1.29 is 4.39 Å². The third-order valence-electron chi connectivity index (χ3n) is 1.73. The molecule has 0 radical (unpaired) electrons. The second kappa shape index (κ2) is 3.34. The zero-order valence-corrected chi connectivity index (χ0v) is 7.68. The van der Waals surface area contributed by atoms with Gasteiger partial charge in [0.15, 0.2) is 0 Å². The Balaban J connectivity index is 2.83. The van der Waals surface area contributed by atoms with Gasteiger partial charge in [-0.15, -0.1) is 0 Å². The molecule has 72 valence electrons. The molecule has 4 nitrogen and oxygen atoms in total. The topological polar surface area (TPSA) is 58.6 Å². The molecule has 0 saturated carbocycles. The third kappa shape index (κ3) is 1.46. The van der Waals surface area contributed by atoms with Gasteiger partial charge >= 0.3 is 0 Å². The summed E-state index contributed by atoms with van der Waals surface area (Å²) in [5.74, 6) is -0.00776. The van der Waals surface area contributed by atoms with Gasteiger partial charge in [0.05, 0.1) is 17.1 Å². The Bertz CT molecular complexity index is 540. The zero-order valence-electron chi connectivity index (χ0n) is 6.92. The van der Waals surface area contributed by atoms with Gasteiger partial charge in [-0.3, -0.25) is 4.79 Å². The average molecular weight is 214 g/mol. The number of hydrogen-bond donors (Lipinski definition) is 1. The molecule has 2 aromatic heterocycles. The standard InChI is InChI=1S/C8H5ClFN3O/c9-6-1-4-5(3-11-6)12-7(2-10)13-8(4)14/h1,3H,2H2,(H,12,13,14). The summed E-state index contributed by atoms with van der Waals surface area (Å²) >= 11 is 5.60. The molecule has 0 aromatic carbocycles. The summed E-state index contributed by atoms with van der Waals surface area (Å²) < 4.78 is 12.2. The van der Waals surface area contributed by atoms with Gasteiger partial charge in [-0.05, 0) is 6.07 Å². The molecule has 0 spiro atoms. The third-order valence-corrected chi connectivity index (χ3v) is 1.94. The Kier molecular flexibility index (Phi) is 2.17. The van der Waals surface area contributed by atoms with Crippen molar-refractivity contribution in [2.75, 3.05) is 0 Å². The van der Waals surface area contributed by atoms with Crippen molar-refractivity contribution in [3.63, 3.8) is 0 Å². The minimum Gasteiger partial charge on any atom is -0.308 e. The number of nitrogens with zero attached hydrogens (tertiary/aromatic N) is 2. The second-order valence-electron chi connectivity index (χ2n) is 2.67. The fourth-order valence-corrected chi connectivity index (χ4v) is 1.29. The Labute approximate surface area is 82.8 Å². The van der Waals surface area contributed by atoms with E-state index in [0.717, 1.165) is 0 Å². The maximum Gasteiger partial charge on any atom is 0.259 e. The first kappa shape index (κ1) is 9.08. The quantitative estimate of drug-likeness (QED) is 0.730. The Morgan fingerprint density at radius 3 is 3.07 bits per heavy atom. The van der Waals surface area contributed by atoms with Crippen molar-refractivity contribution >= 4 is 22.5 Å². The molecule has 1 N–H and O–H groups in total. The molecule has 14 heavy (non-hydrogen) atoms. The van der Waals surface area contributed by atoms with E-state index in [1.807, 2.05) is 0 Å². The molecule has 2 aromatic rings. The molecular formula is C8H5ClFN3O. The molecule has 0 saturated heterocycles. The predicted octanol–water partition coefficient (Wildman–Crippen LogP) is 1.44. The van der Waals surface area contributed by atoms with Crippen LogP contribution >= 0.6 is 11.6 Å². The van der Waals surface area contributed by atoms with Crippen LogP contribution in [-0.4, -0.2) is 15.0 Å². The number of H-pyrrole nitrogens is 1. The number of halogens is 2. The van der Waals surface area contributed by atoms with E-state index in [4.69, 9.17) is 11.6 Å². The number of aromatic nitrogens is 3. The van der Waals surface area contributed by atoms with Crippen LogP contribution in [0.3, 0.4) is 0 Å². The molecule has 0 fully saturated rings. The highest BCUT2D eigenvalue weighted by atomic mass is 35.5. The maximum atomic E-state index is 12.2. The second-order valence-corrected chi connectivity index (χ2v) is 3.06. The van der Waals surface area contributed by atoms with Gasteiger partial charge in [0.2, 0.25) is 0 Å². The summed E-state index contributed by atoms with van der Waals surface area (Å²) in [7, 11) is 0. The van der Waals surface area contributed by atoms with E-state index in [2.05, 4.69) is 15.0 Å². The largest absolute Gasteiger partial charge is 0.308 e. The molecule has 0 amide bonds. The Morgan fingerprint density at radius 1 is 1.57 bits per heavy atom. The van der Waals surface area contributed by atoms with E-state index < -0.39 is 12.2 Å². The number of fused-ring (bicyclic) bond motifs is 1. The molecule has 0 unspecified atom stereocenters. The van der Waals surface area contributed by atoms with Crippen molar-refractivity contribution in [1.29, 1.82) is 0 Å². The van der Waals surface area contributed by atoms with Crippen molar-refractivity contribution in [1.82, 2.24) is 15.0 Å². The smallest absolute Gasteiger partial charge is 0.259 e. The maximum absolute atomic E-state index is 12.2. The van der Waals surface area contributed by atoms with Crippen LogP contribution in [0, 0.1) is 0 Å². The molecule has 0 bridgehead atoms. The van der Waals surface area contributed by atoms with Crippen molar-refractivity contribution in [3.8, 4) is 0 Å². The number of nitrogens with one attached hydrogen (secondary N) is 1. The monoisotopic (exact) mass is 213 g/mol. The van der Waals surface area contributed by atoms with Crippen molar-refractivity contribution in [3.05, 3.63) is 33.6 Å². The molecule has 0 aliphatic heterocycles. The molecular weight excluding hydrogens is 209 g/mol. The van der Waals surface area contributed by atoms with Crippen LogP contribution in [0.5, 0.6) is 0 Å². The van der Waals surface area contributed by atoms with Gasteiger partial charge in [-0.1, -0.05) is 11.6 Å². The molecule has 2 heterocycles. The highest BCUT2D eigenvalue weighted by Gasteiger charge is 2.04. The number of alkyl halides is 1. The van der Waals surface area contributed by atoms with Gasteiger partial charge in [-0.25, -0.2) is 14.4 Å². The minimum atomic E-state index is -0.812. The average Bonchev–Trinajstić information content (AvgIpc) is 2.19.